The summed E-state index contributed by atoms with van der Waals surface area (Å²) in [7, 11) is -4.13. The molecule has 10 heteroatoms. The predicted octanol–water partition coefficient (Wildman–Crippen LogP) is 4.23. The molecule has 0 atom stereocenters. The van der Waals surface area contributed by atoms with Crippen LogP contribution in [0.1, 0.15) is 12.5 Å². The van der Waals surface area contributed by atoms with Gasteiger partial charge < -0.3 is 5.32 Å². The van der Waals surface area contributed by atoms with Crippen molar-refractivity contribution < 1.29 is 26.4 Å². The summed E-state index contributed by atoms with van der Waals surface area (Å²) < 4.78 is 65.2. The molecule has 0 aromatic heterocycles. The van der Waals surface area contributed by atoms with Gasteiger partial charge >= 0.3 is 6.18 Å². The van der Waals surface area contributed by atoms with Gasteiger partial charge in [0.05, 0.1) is 5.56 Å². The number of anilines is 2. The Labute approximate surface area is 150 Å². The minimum atomic E-state index is -4.58. The Morgan fingerprint density at radius 1 is 1.08 bits per heavy atom. The van der Waals surface area contributed by atoms with Gasteiger partial charge in [0.2, 0.25) is 5.91 Å². The molecule has 0 aliphatic carbocycles. The number of alkyl halides is 3. The van der Waals surface area contributed by atoms with Gasteiger partial charge in [0, 0.05) is 22.8 Å². The smallest absolute Gasteiger partial charge is 0.326 e. The zero-order chi connectivity index (χ0) is 18.8. The molecule has 0 saturated heterocycles. The van der Waals surface area contributed by atoms with E-state index in [-0.39, 0.29) is 21.0 Å². The summed E-state index contributed by atoms with van der Waals surface area (Å²) in [6, 6.07) is 7.84. The maximum atomic E-state index is 12.7. The molecule has 0 fully saturated rings. The molecule has 2 aromatic carbocycles. The van der Waals surface area contributed by atoms with E-state index in [0.29, 0.717) is 11.8 Å². The van der Waals surface area contributed by atoms with Crippen LogP contribution in [-0.4, -0.2) is 14.3 Å². The topological polar surface area (TPSA) is 75.3 Å². The molecule has 1 amide bonds. The molecular formula is C15H12BrF3N2O3S. The van der Waals surface area contributed by atoms with Crippen molar-refractivity contribution in [2.24, 2.45) is 0 Å². The summed E-state index contributed by atoms with van der Waals surface area (Å²) in [5.41, 5.74) is -0.808. The monoisotopic (exact) mass is 436 g/mol. The second-order valence-electron chi connectivity index (χ2n) is 5.01. The zero-order valence-electron chi connectivity index (χ0n) is 12.7. The zero-order valence-corrected chi connectivity index (χ0v) is 15.1. The van der Waals surface area contributed by atoms with Crippen molar-refractivity contribution in [1.29, 1.82) is 0 Å². The van der Waals surface area contributed by atoms with Crippen molar-refractivity contribution in [2.45, 2.75) is 18.0 Å². The SMILES string of the molecule is CC(=O)Nc1ccc(S(=O)(=O)Nc2cccc(C(F)(F)F)c2)c(Br)c1. The van der Waals surface area contributed by atoms with Crippen LogP contribution in [0.2, 0.25) is 0 Å². The van der Waals surface area contributed by atoms with Gasteiger partial charge in [-0.2, -0.15) is 13.2 Å². The van der Waals surface area contributed by atoms with Crippen LogP contribution in [0, 0.1) is 0 Å². The number of carbonyl (C=O) groups excluding carboxylic acids is 1. The lowest BCUT2D eigenvalue weighted by Gasteiger charge is -2.13. The van der Waals surface area contributed by atoms with Gasteiger partial charge in [-0.15, -0.1) is 0 Å². The minimum absolute atomic E-state index is 0.151. The Kier molecular flexibility index (Phi) is 5.43. The van der Waals surface area contributed by atoms with Crippen LogP contribution in [0.3, 0.4) is 0 Å². The Hall–Kier alpha value is -2.07. The number of hydrogen-bond donors (Lipinski definition) is 2. The van der Waals surface area contributed by atoms with Gasteiger partial charge in [-0.3, -0.25) is 9.52 Å². The van der Waals surface area contributed by atoms with Gasteiger partial charge in [0.1, 0.15) is 4.90 Å². The molecule has 0 saturated carbocycles. The molecule has 2 aromatic rings. The molecule has 0 aliphatic rings. The Morgan fingerprint density at radius 2 is 1.76 bits per heavy atom. The number of benzene rings is 2. The number of halogens is 4. The van der Waals surface area contributed by atoms with Crippen molar-refractivity contribution in [2.75, 3.05) is 10.0 Å². The second-order valence-corrected chi connectivity index (χ2v) is 7.52. The third-order valence-electron chi connectivity index (χ3n) is 2.98. The summed E-state index contributed by atoms with van der Waals surface area (Å²) >= 11 is 3.08. The van der Waals surface area contributed by atoms with Gasteiger partial charge in [-0.25, -0.2) is 8.42 Å². The molecule has 0 heterocycles. The van der Waals surface area contributed by atoms with E-state index in [2.05, 4.69) is 26.0 Å². The van der Waals surface area contributed by atoms with E-state index in [0.717, 1.165) is 12.1 Å². The van der Waals surface area contributed by atoms with Crippen LogP contribution >= 0.6 is 15.9 Å². The Morgan fingerprint density at radius 3 is 2.32 bits per heavy atom. The van der Waals surface area contributed by atoms with Crippen LogP contribution < -0.4 is 10.0 Å². The first-order valence-electron chi connectivity index (χ1n) is 6.76. The van der Waals surface area contributed by atoms with E-state index in [4.69, 9.17) is 0 Å². The van der Waals surface area contributed by atoms with Crippen molar-refractivity contribution in [1.82, 2.24) is 0 Å². The molecule has 25 heavy (non-hydrogen) atoms. The maximum absolute atomic E-state index is 12.7. The number of carbonyl (C=O) groups is 1. The van der Waals surface area contributed by atoms with Crippen LogP contribution in [0.15, 0.2) is 51.8 Å². The third-order valence-corrected chi connectivity index (χ3v) is 5.34. The molecule has 0 radical (unpaired) electrons. The van der Waals surface area contributed by atoms with Gasteiger partial charge in [0.15, 0.2) is 0 Å². The number of nitrogens with one attached hydrogen (secondary N) is 2. The van der Waals surface area contributed by atoms with Gasteiger partial charge in [-0.1, -0.05) is 6.07 Å². The normalized spacial score (nSPS) is 11.9. The summed E-state index contributed by atoms with van der Waals surface area (Å²) in [5, 5.41) is 2.49. The first-order valence-corrected chi connectivity index (χ1v) is 9.04. The highest BCUT2D eigenvalue weighted by atomic mass is 79.9. The van der Waals surface area contributed by atoms with Gasteiger partial charge in [0.25, 0.3) is 10.0 Å². The molecule has 5 nitrogen and oxygen atoms in total. The van der Waals surface area contributed by atoms with Crippen molar-refractivity contribution >= 4 is 43.2 Å². The fourth-order valence-corrected chi connectivity index (χ4v) is 4.10. The van der Waals surface area contributed by atoms with Crippen molar-refractivity contribution in [3.8, 4) is 0 Å². The molecule has 0 spiro atoms. The number of hydrogen-bond acceptors (Lipinski definition) is 3. The molecule has 2 N–H and O–H groups in total. The lowest BCUT2D eigenvalue weighted by molar-refractivity contribution is -0.137. The predicted molar refractivity (Wildman–Crippen MR) is 90.7 cm³/mol. The largest absolute Gasteiger partial charge is 0.416 e. The Balaban J connectivity index is 2.32. The van der Waals surface area contributed by atoms with Crippen LogP contribution in [0.5, 0.6) is 0 Å². The average molecular weight is 437 g/mol. The highest BCUT2D eigenvalue weighted by Gasteiger charge is 2.30. The summed E-state index contributed by atoms with van der Waals surface area (Å²) in [5.74, 6) is -0.329. The standard InChI is InChI=1S/C15H12BrF3N2O3S/c1-9(22)20-11-5-6-14(13(16)8-11)25(23,24)21-12-4-2-3-10(7-12)15(17,18)19/h2-8,21H,1H3,(H,20,22). The second kappa shape index (κ2) is 7.04. The van der Waals surface area contributed by atoms with E-state index in [1.807, 2.05) is 0 Å². The fourth-order valence-electron chi connectivity index (χ4n) is 1.97. The molecule has 0 unspecified atom stereocenters. The van der Waals surface area contributed by atoms with Gasteiger partial charge in [-0.05, 0) is 52.3 Å². The summed E-state index contributed by atoms with van der Waals surface area (Å²) in [6.45, 7) is 1.30. The molecule has 134 valence electrons. The number of rotatable bonds is 4. The average Bonchev–Trinajstić information content (AvgIpc) is 2.45. The van der Waals surface area contributed by atoms with E-state index in [1.165, 1.54) is 31.2 Å². The lowest BCUT2D eigenvalue weighted by atomic mass is 10.2. The number of sulfonamides is 1. The highest BCUT2D eigenvalue weighted by molar-refractivity contribution is 9.10. The molecule has 0 aliphatic heterocycles. The highest BCUT2D eigenvalue weighted by Crippen LogP contribution is 2.32. The van der Waals surface area contributed by atoms with Crippen LogP contribution in [-0.2, 0) is 21.0 Å². The van der Waals surface area contributed by atoms with Crippen LogP contribution in [0.25, 0.3) is 0 Å². The van der Waals surface area contributed by atoms with E-state index in [9.17, 15) is 26.4 Å². The molecule has 0 bridgehead atoms. The maximum Gasteiger partial charge on any atom is 0.416 e. The van der Waals surface area contributed by atoms with E-state index in [1.54, 1.807) is 0 Å². The summed E-state index contributed by atoms with van der Waals surface area (Å²) in [6.07, 6.45) is -4.58. The van der Waals surface area contributed by atoms with Crippen LogP contribution in [0.4, 0.5) is 24.5 Å². The molecular weight excluding hydrogens is 425 g/mol. The van der Waals surface area contributed by atoms with E-state index >= 15 is 0 Å². The lowest BCUT2D eigenvalue weighted by Crippen LogP contribution is -2.15. The van der Waals surface area contributed by atoms with E-state index < -0.39 is 21.8 Å². The molecule has 2 rings (SSSR count). The number of amides is 1. The minimum Gasteiger partial charge on any atom is -0.326 e. The fraction of sp³-hybridized carbons (Fsp3) is 0.133. The van der Waals surface area contributed by atoms with Crippen molar-refractivity contribution in [3.05, 3.63) is 52.5 Å². The first-order chi connectivity index (χ1) is 11.5. The third kappa shape index (κ3) is 4.95. The van der Waals surface area contributed by atoms with Crippen molar-refractivity contribution in [3.63, 3.8) is 0 Å². The summed E-state index contributed by atoms with van der Waals surface area (Å²) in [4.78, 5) is 10.8. The first kappa shape index (κ1) is 19.3. The quantitative estimate of drug-likeness (QED) is 0.752. The Bertz CT molecular complexity index is 914.